The van der Waals surface area contributed by atoms with E-state index < -0.39 is 6.43 Å². The summed E-state index contributed by atoms with van der Waals surface area (Å²) >= 11 is 0. The SMILES string of the molecule is Cc1cc(CCO)cc(C(F)F)c1. The van der Waals surface area contributed by atoms with Crippen molar-refractivity contribution in [1.29, 1.82) is 0 Å². The lowest BCUT2D eigenvalue weighted by Crippen LogP contribution is -1.94. The molecule has 0 atom stereocenters. The van der Waals surface area contributed by atoms with Crippen LogP contribution in [0.25, 0.3) is 0 Å². The van der Waals surface area contributed by atoms with E-state index in [1.165, 1.54) is 12.1 Å². The fraction of sp³-hybridized carbons (Fsp3) is 0.400. The van der Waals surface area contributed by atoms with Crippen LogP contribution < -0.4 is 0 Å². The predicted octanol–water partition coefficient (Wildman–Crippen LogP) is 2.47. The van der Waals surface area contributed by atoms with Crippen LogP contribution in [-0.2, 0) is 6.42 Å². The van der Waals surface area contributed by atoms with Gasteiger partial charge in [0.2, 0.25) is 0 Å². The van der Waals surface area contributed by atoms with Crippen molar-refractivity contribution in [1.82, 2.24) is 0 Å². The molecule has 0 fully saturated rings. The summed E-state index contributed by atoms with van der Waals surface area (Å²) in [6.45, 7) is 1.76. The number of hydrogen-bond acceptors (Lipinski definition) is 1. The monoisotopic (exact) mass is 186 g/mol. The van der Waals surface area contributed by atoms with Gasteiger partial charge in [0.15, 0.2) is 0 Å². The van der Waals surface area contributed by atoms with E-state index in [-0.39, 0.29) is 12.2 Å². The summed E-state index contributed by atoms with van der Waals surface area (Å²) in [5.41, 5.74) is 1.60. The Balaban J connectivity index is 2.96. The number of aliphatic hydroxyl groups is 1. The number of hydrogen-bond donors (Lipinski definition) is 1. The zero-order valence-electron chi connectivity index (χ0n) is 7.43. The van der Waals surface area contributed by atoms with Gasteiger partial charge >= 0.3 is 0 Å². The van der Waals surface area contributed by atoms with E-state index in [1.807, 2.05) is 6.07 Å². The highest BCUT2D eigenvalue weighted by molar-refractivity contribution is 5.30. The number of benzene rings is 1. The topological polar surface area (TPSA) is 20.2 Å². The molecule has 0 aliphatic rings. The molecule has 3 heteroatoms. The van der Waals surface area contributed by atoms with E-state index in [0.29, 0.717) is 6.42 Å². The van der Waals surface area contributed by atoms with E-state index in [1.54, 1.807) is 6.92 Å². The van der Waals surface area contributed by atoms with Crippen molar-refractivity contribution in [3.63, 3.8) is 0 Å². The fourth-order valence-corrected chi connectivity index (χ4v) is 1.29. The molecule has 72 valence electrons. The Kier molecular flexibility index (Phi) is 3.37. The molecule has 0 spiro atoms. The minimum absolute atomic E-state index is 0.00781. The Hall–Kier alpha value is -0.960. The molecule has 0 unspecified atom stereocenters. The van der Waals surface area contributed by atoms with Crippen molar-refractivity contribution in [3.05, 3.63) is 34.9 Å². The second-order valence-electron chi connectivity index (χ2n) is 3.03. The maximum Gasteiger partial charge on any atom is 0.263 e. The fourth-order valence-electron chi connectivity index (χ4n) is 1.29. The van der Waals surface area contributed by atoms with Gasteiger partial charge in [-0.05, 0) is 18.9 Å². The smallest absolute Gasteiger partial charge is 0.263 e. The van der Waals surface area contributed by atoms with E-state index in [0.717, 1.165) is 11.1 Å². The zero-order chi connectivity index (χ0) is 9.84. The first-order valence-electron chi connectivity index (χ1n) is 4.13. The Bertz CT molecular complexity index is 284. The quantitative estimate of drug-likeness (QED) is 0.768. The van der Waals surface area contributed by atoms with Crippen LogP contribution in [-0.4, -0.2) is 11.7 Å². The van der Waals surface area contributed by atoms with Crippen molar-refractivity contribution >= 4 is 0 Å². The Morgan fingerprint density at radius 3 is 2.54 bits per heavy atom. The molecular weight excluding hydrogens is 174 g/mol. The van der Waals surface area contributed by atoms with E-state index in [2.05, 4.69) is 0 Å². The Morgan fingerprint density at radius 2 is 2.00 bits per heavy atom. The number of halogens is 2. The second-order valence-corrected chi connectivity index (χ2v) is 3.03. The largest absolute Gasteiger partial charge is 0.396 e. The van der Waals surface area contributed by atoms with Gasteiger partial charge in [0.05, 0.1) is 0 Å². The first-order valence-corrected chi connectivity index (χ1v) is 4.13. The van der Waals surface area contributed by atoms with Crippen LogP contribution >= 0.6 is 0 Å². The van der Waals surface area contributed by atoms with Crippen molar-refractivity contribution in [2.75, 3.05) is 6.61 Å². The van der Waals surface area contributed by atoms with Gasteiger partial charge in [-0.3, -0.25) is 0 Å². The van der Waals surface area contributed by atoms with Crippen LogP contribution in [0.5, 0.6) is 0 Å². The number of aryl methyl sites for hydroxylation is 1. The predicted molar refractivity (Wildman–Crippen MR) is 46.9 cm³/mol. The lowest BCUT2D eigenvalue weighted by Gasteiger charge is -2.05. The molecule has 1 nitrogen and oxygen atoms in total. The maximum atomic E-state index is 12.3. The standard InChI is InChI=1S/C10H12F2O/c1-7-4-8(2-3-13)6-9(5-7)10(11)12/h4-6,10,13H,2-3H2,1H3. The molecule has 0 radical (unpaired) electrons. The summed E-state index contributed by atoms with van der Waals surface area (Å²) in [5, 5.41) is 8.65. The van der Waals surface area contributed by atoms with Gasteiger partial charge in [0.25, 0.3) is 6.43 Å². The van der Waals surface area contributed by atoms with Gasteiger partial charge < -0.3 is 5.11 Å². The molecule has 1 aromatic carbocycles. The summed E-state index contributed by atoms with van der Waals surface area (Å²) in [6.07, 6.45) is -2.00. The van der Waals surface area contributed by atoms with Crippen LogP contribution in [0.3, 0.4) is 0 Å². The normalized spacial score (nSPS) is 10.8. The third-order valence-electron chi connectivity index (χ3n) is 1.81. The molecule has 13 heavy (non-hydrogen) atoms. The van der Waals surface area contributed by atoms with Gasteiger partial charge in [-0.2, -0.15) is 0 Å². The van der Waals surface area contributed by atoms with Crippen LogP contribution in [0.1, 0.15) is 23.1 Å². The van der Waals surface area contributed by atoms with Crippen LogP contribution in [0.15, 0.2) is 18.2 Å². The van der Waals surface area contributed by atoms with E-state index in [4.69, 9.17) is 5.11 Å². The molecule has 0 amide bonds. The van der Waals surface area contributed by atoms with Crippen LogP contribution in [0, 0.1) is 6.92 Å². The molecule has 0 bridgehead atoms. The molecule has 1 rings (SSSR count). The molecule has 0 aliphatic heterocycles. The van der Waals surface area contributed by atoms with Crippen molar-refractivity contribution < 1.29 is 13.9 Å². The summed E-state index contributed by atoms with van der Waals surface area (Å²) in [6, 6.07) is 4.71. The highest BCUT2D eigenvalue weighted by Crippen LogP contribution is 2.21. The van der Waals surface area contributed by atoms with Crippen molar-refractivity contribution in [3.8, 4) is 0 Å². The lowest BCUT2D eigenvalue weighted by molar-refractivity contribution is 0.151. The zero-order valence-corrected chi connectivity index (χ0v) is 7.43. The summed E-state index contributed by atoms with van der Waals surface area (Å²) in [4.78, 5) is 0. The minimum atomic E-state index is -2.43. The average Bonchev–Trinajstić information content (AvgIpc) is 2.03. The van der Waals surface area contributed by atoms with Crippen molar-refractivity contribution in [2.45, 2.75) is 19.8 Å². The molecule has 1 aromatic rings. The van der Waals surface area contributed by atoms with Crippen molar-refractivity contribution in [2.24, 2.45) is 0 Å². The lowest BCUT2D eigenvalue weighted by atomic mass is 10.0. The molecule has 0 aliphatic carbocycles. The number of alkyl halides is 2. The highest BCUT2D eigenvalue weighted by Gasteiger charge is 2.08. The maximum absolute atomic E-state index is 12.3. The highest BCUT2D eigenvalue weighted by atomic mass is 19.3. The number of aliphatic hydroxyl groups excluding tert-OH is 1. The molecule has 0 aromatic heterocycles. The third-order valence-corrected chi connectivity index (χ3v) is 1.81. The molecule has 1 N–H and O–H groups in total. The molecule has 0 heterocycles. The molecule has 0 saturated heterocycles. The first-order chi connectivity index (χ1) is 6.13. The molecule has 0 saturated carbocycles. The van der Waals surface area contributed by atoms with Gasteiger partial charge in [-0.25, -0.2) is 8.78 Å². The average molecular weight is 186 g/mol. The third kappa shape index (κ3) is 2.77. The van der Waals surface area contributed by atoms with Crippen LogP contribution in [0.4, 0.5) is 8.78 Å². The van der Waals surface area contributed by atoms with E-state index in [9.17, 15) is 8.78 Å². The van der Waals surface area contributed by atoms with E-state index >= 15 is 0 Å². The van der Waals surface area contributed by atoms with Gasteiger partial charge in [0.1, 0.15) is 0 Å². The molecular formula is C10H12F2O. The minimum Gasteiger partial charge on any atom is -0.396 e. The summed E-state index contributed by atoms with van der Waals surface area (Å²) in [5.74, 6) is 0. The summed E-state index contributed by atoms with van der Waals surface area (Å²) < 4.78 is 24.6. The second kappa shape index (κ2) is 4.33. The number of rotatable bonds is 3. The first kappa shape index (κ1) is 10.1. The Labute approximate surface area is 76.0 Å². The van der Waals surface area contributed by atoms with Gasteiger partial charge in [0, 0.05) is 12.2 Å². The van der Waals surface area contributed by atoms with Gasteiger partial charge in [-0.15, -0.1) is 0 Å². The van der Waals surface area contributed by atoms with Gasteiger partial charge in [-0.1, -0.05) is 23.8 Å². The summed E-state index contributed by atoms with van der Waals surface area (Å²) in [7, 11) is 0. The van der Waals surface area contributed by atoms with Crippen LogP contribution in [0.2, 0.25) is 0 Å². The Morgan fingerprint density at radius 1 is 1.31 bits per heavy atom.